The molecule has 2 aromatic rings. The van der Waals surface area contributed by atoms with Crippen LogP contribution in [0, 0.1) is 0 Å². The zero-order valence-corrected chi connectivity index (χ0v) is 14.4. The highest BCUT2D eigenvalue weighted by molar-refractivity contribution is 9.09. The van der Waals surface area contributed by atoms with E-state index in [1.807, 2.05) is 12.1 Å². The lowest BCUT2D eigenvalue weighted by Crippen LogP contribution is -2.04. The lowest BCUT2D eigenvalue weighted by molar-refractivity contribution is 0.443. The van der Waals surface area contributed by atoms with E-state index in [1.165, 1.54) is 48.8 Å². The van der Waals surface area contributed by atoms with Gasteiger partial charge in [0.2, 0.25) is 0 Å². The molecule has 1 saturated carbocycles. The van der Waals surface area contributed by atoms with Crippen molar-refractivity contribution in [3.63, 3.8) is 0 Å². The normalized spacial score (nSPS) is 17.6. The van der Waals surface area contributed by atoms with Gasteiger partial charge < -0.3 is 0 Å². The smallest absolute Gasteiger partial charge is 0.0644 e. The third-order valence-electron chi connectivity index (χ3n) is 4.47. The van der Waals surface area contributed by atoms with Crippen LogP contribution in [0.25, 0.3) is 0 Å². The molecule has 1 aliphatic rings. The van der Waals surface area contributed by atoms with Gasteiger partial charge in [-0.3, -0.25) is 0 Å². The van der Waals surface area contributed by atoms with E-state index < -0.39 is 0 Å². The molecule has 2 heteroatoms. The third-order valence-corrected chi connectivity index (χ3v) is 5.78. The molecule has 0 radical (unpaired) electrons. The zero-order chi connectivity index (χ0) is 14.7. The molecule has 0 aliphatic heterocycles. The van der Waals surface area contributed by atoms with Gasteiger partial charge in [0.05, 0.1) is 4.83 Å². The average molecular weight is 364 g/mol. The lowest BCUT2D eigenvalue weighted by atomic mass is 9.84. The molecule has 21 heavy (non-hydrogen) atoms. The van der Waals surface area contributed by atoms with Crippen molar-refractivity contribution >= 4 is 27.5 Å². The van der Waals surface area contributed by atoms with Crippen molar-refractivity contribution in [1.29, 1.82) is 0 Å². The minimum absolute atomic E-state index is 0.232. The Kier molecular flexibility index (Phi) is 5.03. The Balaban J connectivity index is 1.75. The average Bonchev–Trinajstić information content (AvgIpc) is 2.56. The minimum atomic E-state index is 0.232. The van der Waals surface area contributed by atoms with Gasteiger partial charge in [0, 0.05) is 5.02 Å². The molecule has 0 spiro atoms. The first-order valence-corrected chi connectivity index (χ1v) is 9.03. The van der Waals surface area contributed by atoms with E-state index in [0.717, 1.165) is 10.9 Å². The number of hydrogen-bond donors (Lipinski definition) is 0. The van der Waals surface area contributed by atoms with Crippen molar-refractivity contribution in [3.8, 4) is 0 Å². The molecular weight excluding hydrogens is 344 g/mol. The number of alkyl halides is 1. The van der Waals surface area contributed by atoms with Gasteiger partial charge in [-0.05, 0) is 47.6 Å². The third kappa shape index (κ3) is 3.70. The Morgan fingerprint density at radius 2 is 1.33 bits per heavy atom. The molecule has 0 N–H and O–H groups in total. The summed E-state index contributed by atoms with van der Waals surface area (Å²) < 4.78 is 0. The predicted octanol–water partition coefficient (Wildman–Crippen LogP) is 6.87. The highest BCUT2D eigenvalue weighted by Gasteiger charge is 2.16. The fourth-order valence-corrected chi connectivity index (χ4v) is 3.93. The molecule has 0 saturated heterocycles. The number of benzene rings is 2. The summed E-state index contributed by atoms with van der Waals surface area (Å²) in [5.41, 5.74) is 4.05. The number of halogens is 2. The van der Waals surface area contributed by atoms with E-state index in [0.29, 0.717) is 0 Å². The standard InChI is InChI=1S/C19H20BrCl/c20-19(17-10-12-18(21)13-11-17)16-8-6-15(7-9-16)14-4-2-1-3-5-14/h6-14,19H,1-5H2. The summed E-state index contributed by atoms with van der Waals surface area (Å²) in [6, 6.07) is 17.2. The summed E-state index contributed by atoms with van der Waals surface area (Å²) in [6.07, 6.45) is 6.90. The molecule has 1 atom stereocenters. The molecule has 0 bridgehead atoms. The van der Waals surface area contributed by atoms with Crippen molar-refractivity contribution in [2.75, 3.05) is 0 Å². The Morgan fingerprint density at radius 1 is 0.810 bits per heavy atom. The predicted molar refractivity (Wildman–Crippen MR) is 94.5 cm³/mol. The van der Waals surface area contributed by atoms with Crippen molar-refractivity contribution in [2.45, 2.75) is 42.8 Å². The Hall–Kier alpha value is -0.790. The maximum absolute atomic E-state index is 5.95. The summed E-state index contributed by atoms with van der Waals surface area (Å²) in [5, 5.41) is 0.783. The van der Waals surface area contributed by atoms with E-state index in [4.69, 9.17) is 11.6 Å². The van der Waals surface area contributed by atoms with Gasteiger partial charge in [0.1, 0.15) is 0 Å². The van der Waals surface area contributed by atoms with Crippen molar-refractivity contribution in [1.82, 2.24) is 0 Å². The van der Waals surface area contributed by atoms with Crippen LogP contribution < -0.4 is 0 Å². The van der Waals surface area contributed by atoms with E-state index in [-0.39, 0.29) is 4.83 Å². The van der Waals surface area contributed by atoms with Crippen LogP contribution in [-0.2, 0) is 0 Å². The lowest BCUT2D eigenvalue weighted by Gasteiger charge is -2.22. The zero-order valence-electron chi connectivity index (χ0n) is 12.1. The van der Waals surface area contributed by atoms with Crippen LogP contribution in [-0.4, -0.2) is 0 Å². The van der Waals surface area contributed by atoms with Crippen LogP contribution >= 0.6 is 27.5 Å². The fraction of sp³-hybridized carbons (Fsp3) is 0.368. The summed E-state index contributed by atoms with van der Waals surface area (Å²) in [7, 11) is 0. The quantitative estimate of drug-likeness (QED) is 0.522. The van der Waals surface area contributed by atoms with E-state index in [2.05, 4.69) is 52.3 Å². The first-order valence-electron chi connectivity index (χ1n) is 7.73. The minimum Gasteiger partial charge on any atom is -0.0843 e. The number of hydrogen-bond acceptors (Lipinski definition) is 0. The van der Waals surface area contributed by atoms with Crippen molar-refractivity contribution in [2.24, 2.45) is 0 Å². The van der Waals surface area contributed by atoms with Crippen LogP contribution in [0.4, 0.5) is 0 Å². The van der Waals surface area contributed by atoms with E-state index >= 15 is 0 Å². The topological polar surface area (TPSA) is 0 Å². The van der Waals surface area contributed by atoms with Crippen molar-refractivity contribution < 1.29 is 0 Å². The molecule has 0 amide bonds. The van der Waals surface area contributed by atoms with E-state index in [1.54, 1.807) is 0 Å². The molecule has 0 aromatic heterocycles. The van der Waals surface area contributed by atoms with Gasteiger partial charge in [0.15, 0.2) is 0 Å². The highest BCUT2D eigenvalue weighted by atomic mass is 79.9. The van der Waals surface area contributed by atoms with Gasteiger partial charge >= 0.3 is 0 Å². The summed E-state index contributed by atoms with van der Waals surface area (Å²) >= 11 is 9.75. The molecule has 2 aromatic carbocycles. The first kappa shape index (κ1) is 15.1. The van der Waals surface area contributed by atoms with Gasteiger partial charge in [-0.2, -0.15) is 0 Å². The van der Waals surface area contributed by atoms with Crippen LogP contribution in [0.5, 0.6) is 0 Å². The molecule has 1 fully saturated rings. The summed E-state index contributed by atoms with van der Waals surface area (Å²) in [5.74, 6) is 0.775. The maximum atomic E-state index is 5.95. The van der Waals surface area contributed by atoms with Gasteiger partial charge in [0.25, 0.3) is 0 Å². The molecule has 3 rings (SSSR count). The fourth-order valence-electron chi connectivity index (χ4n) is 3.20. The molecule has 1 aliphatic carbocycles. The second-order valence-corrected chi connectivity index (χ2v) is 7.27. The molecule has 110 valence electrons. The SMILES string of the molecule is Clc1ccc(C(Br)c2ccc(C3CCCCC3)cc2)cc1. The molecular formula is C19H20BrCl. The van der Waals surface area contributed by atoms with Gasteiger partial charge in [-0.25, -0.2) is 0 Å². The largest absolute Gasteiger partial charge is 0.0843 e. The monoisotopic (exact) mass is 362 g/mol. The van der Waals surface area contributed by atoms with Crippen molar-refractivity contribution in [3.05, 3.63) is 70.2 Å². The summed E-state index contributed by atoms with van der Waals surface area (Å²) in [6.45, 7) is 0. The second kappa shape index (κ2) is 6.98. The highest BCUT2D eigenvalue weighted by Crippen LogP contribution is 2.35. The van der Waals surface area contributed by atoms with Crippen LogP contribution in [0.1, 0.15) is 59.5 Å². The molecule has 0 nitrogen and oxygen atoms in total. The second-order valence-electron chi connectivity index (χ2n) is 5.92. The number of rotatable bonds is 3. The van der Waals surface area contributed by atoms with Gasteiger partial charge in [-0.15, -0.1) is 0 Å². The first-order chi connectivity index (χ1) is 10.2. The maximum Gasteiger partial charge on any atom is 0.0644 e. The Labute approximate surface area is 140 Å². The molecule has 1 unspecified atom stereocenters. The van der Waals surface area contributed by atoms with Gasteiger partial charge in [-0.1, -0.05) is 83.2 Å². The van der Waals surface area contributed by atoms with Crippen LogP contribution in [0.2, 0.25) is 5.02 Å². The Morgan fingerprint density at radius 3 is 1.90 bits per heavy atom. The Bertz CT molecular complexity index is 568. The molecule has 0 heterocycles. The van der Waals surface area contributed by atoms with Crippen LogP contribution in [0.3, 0.4) is 0 Å². The van der Waals surface area contributed by atoms with E-state index in [9.17, 15) is 0 Å². The summed E-state index contributed by atoms with van der Waals surface area (Å²) in [4.78, 5) is 0.232. The van der Waals surface area contributed by atoms with Crippen LogP contribution in [0.15, 0.2) is 48.5 Å².